The summed E-state index contributed by atoms with van der Waals surface area (Å²) in [5, 5.41) is 0.747. The molecule has 0 radical (unpaired) electrons. The third-order valence-corrected chi connectivity index (χ3v) is 7.17. The van der Waals surface area contributed by atoms with E-state index in [1.165, 1.54) is 0 Å². The largest absolute Gasteiger partial charge is 0.493 e. The van der Waals surface area contributed by atoms with Crippen LogP contribution in [-0.4, -0.2) is 69.1 Å². The molecule has 2 atom stereocenters. The number of nitrogens with zero attached hydrogens (tertiary/aromatic N) is 2. The van der Waals surface area contributed by atoms with Crippen molar-refractivity contribution in [1.29, 1.82) is 0 Å². The second-order valence-electron chi connectivity index (χ2n) is 8.54. The predicted molar refractivity (Wildman–Crippen MR) is 131 cm³/mol. The maximum atomic E-state index is 13.5. The minimum Gasteiger partial charge on any atom is -0.493 e. The van der Waals surface area contributed by atoms with Crippen molar-refractivity contribution >= 4 is 35.0 Å². The molecule has 0 N–H and O–H groups in total. The van der Waals surface area contributed by atoms with Crippen molar-refractivity contribution in [3.8, 4) is 17.2 Å². The fourth-order valence-electron chi connectivity index (χ4n) is 4.88. The Morgan fingerprint density at radius 1 is 0.882 bits per heavy atom. The number of benzene rings is 2. The summed E-state index contributed by atoms with van der Waals surface area (Å²) >= 11 is 12.3. The molecule has 182 valence electrons. The summed E-state index contributed by atoms with van der Waals surface area (Å²) in [6, 6.07) is 8.53. The van der Waals surface area contributed by atoms with Crippen molar-refractivity contribution in [2.45, 2.75) is 18.8 Å². The number of hydrogen-bond acceptors (Lipinski definition) is 5. The van der Waals surface area contributed by atoms with Gasteiger partial charge in [0, 0.05) is 37.1 Å². The van der Waals surface area contributed by atoms with Gasteiger partial charge in [0.15, 0.2) is 11.5 Å². The molecule has 0 aliphatic carbocycles. The van der Waals surface area contributed by atoms with E-state index in [-0.39, 0.29) is 22.8 Å². The Morgan fingerprint density at radius 3 is 2.09 bits per heavy atom. The van der Waals surface area contributed by atoms with Crippen LogP contribution in [0.2, 0.25) is 10.0 Å². The van der Waals surface area contributed by atoms with Gasteiger partial charge in [-0.25, -0.2) is 0 Å². The van der Waals surface area contributed by atoms with E-state index in [9.17, 15) is 9.59 Å². The van der Waals surface area contributed by atoms with Gasteiger partial charge in [0.05, 0.1) is 37.8 Å². The first kappa shape index (κ1) is 24.5. The molecule has 2 amide bonds. The second-order valence-corrected chi connectivity index (χ2v) is 9.38. The van der Waals surface area contributed by atoms with Crippen LogP contribution in [0.5, 0.6) is 17.2 Å². The molecular formula is C25H28Cl2N2O5. The highest BCUT2D eigenvalue weighted by Crippen LogP contribution is 2.44. The lowest BCUT2D eigenvalue weighted by Crippen LogP contribution is -2.37. The van der Waals surface area contributed by atoms with Crippen molar-refractivity contribution in [2.24, 2.45) is 5.92 Å². The van der Waals surface area contributed by atoms with Gasteiger partial charge in [0.25, 0.3) is 5.91 Å². The Bertz CT molecular complexity index is 1060. The fraction of sp³-hybridized carbons (Fsp3) is 0.440. The predicted octanol–water partition coefficient (Wildman–Crippen LogP) is 4.50. The van der Waals surface area contributed by atoms with E-state index in [1.807, 2.05) is 17.0 Å². The smallest absolute Gasteiger partial charge is 0.255 e. The number of methoxy groups -OCH3 is 3. The van der Waals surface area contributed by atoms with E-state index in [4.69, 9.17) is 37.4 Å². The summed E-state index contributed by atoms with van der Waals surface area (Å²) < 4.78 is 16.5. The molecular weight excluding hydrogens is 479 g/mol. The van der Waals surface area contributed by atoms with Gasteiger partial charge in [-0.1, -0.05) is 23.2 Å². The summed E-state index contributed by atoms with van der Waals surface area (Å²) in [5.74, 6) is 0.705. The number of ether oxygens (including phenoxy) is 3. The summed E-state index contributed by atoms with van der Waals surface area (Å²) in [4.78, 5) is 30.5. The highest BCUT2D eigenvalue weighted by molar-refractivity contribution is 6.36. The molecule has 7 nitrogen and oxygen atoms in total. The molecule has 2 aromatic carbocycles. The molecule has 2 aliphatic rings. The van der Waals surface area contributed by atoms with E-state index in [0.29, 0.717) is 40.9 Å². The Labute approximate surface area is 209 Å². The van der Waals surface area contributed by atoms with Crippen LogP contribution in [0.3, 0.4) is 0 Å². The lowest BCUT2D eigenvalue weighted by atomic mass is 9.87. The summed E-state index contributed by atoms with van der Waals surface area (Å²) in [5.41, 5.74) is 1.22. The van der Waals surface area contributed by atoms with Gasteiger partial charge in [0.1, 0.15) is 0 Å². The van der Waals surface area contributed by atoms with Crippen molar-refractivity contribution in [3.63, 3.8) is 0 Å². The SMILES string of the molecule is COc1cc(C2CN(C(=O)c3ccc(Cl)cc3Cl)CC2C(=O)N2CCCC2)cc(OC)c1OC. The summed E-state index contributed by atoms with van der Waals surface area (Å²) in [6.45, 7) is 2.15. The zero-order chi connectivity index (χ0) is 24.4. The number of hydrogen-bond donors (Lipinski definition) is 0. The Morgan fingerprint density at radius 2 is 1.53 bits per heavy atom. The number of amides is 2. The second kappa shape index (κ2) is 10.3. The van der Waals surface area contributed by atoms with Crippen LogP contribution < -0.4 is 14.2 Å². The number of carbonyl (C=O) groups excluding carboxylic acids is 2. The van der Waals surface area contributed by atoms with Gasteiger partial charge in [-0.15, -0.1) is 0 Å². The molecule has 2 unspecified atom stereocenters. The van der Waals surface area contributed by atoms with Crippen LogP contribution in [0, 0.1) is 5.92 Å². The van der Waals surface area contributed by atoms with Gasteiger partial charge in [-0.2, -0.15) is 0 Å². The molecule has 9 heteroatoms. The third kappa shape index (κ3) is 4.64. The Balaban J connectivity index is 1.71. The van der Waals surface area contributed by atoms with Gasteiger partial charge >= 0.3 is 0 Å². The maximum Gasteiger partial charge on any atom is 0.255 e. The van der Waals surface area contributed by atoms with Gasteiger partial charge in [0.2, 0.25) is 11.7 Å². The van der Waals surface area contributed by atoms with Crippen LogP contribution >= 0.6 is 23.2 Å². The van der Waals surface area contributed by atoms with Crippen molar-refractivity contribution in [3.05, 3.63) is 51.5 Å². The maximum absolute atomic E-state index is 13.5. The standard InChI is InChI=1S/C25H28Cl2N2O5/c1-32-21-10-15(11-22(33-2)23(21)34-3)18-13-29(14-19(18)25(31)28-8-4-5-9-28)24(30)17-7-6-16(26)12-20(17)27/h6-7,10-12,18-19H,4-5,8-9,13-14H2,1-3H3. The fourth-order valence-corrected chi connectivity index (χ4v) is 5.37. The Hall–Kier alpha value is -2.64. The van der Waals surface area contributed by atoms with Crippen molar-refractivity contribution in [1.82, 2.24) is 9.80 Å². The average molecular weight is 507 g/mol. The van der Waals surface area contributed by atoms with Gasteiger partial charge in [-0.05, 0) is 48.7 Å². The first-order chi connectivity index (χ1) is 16.4. The molecule has 4 rings (SSSR count). The van der Waals surface area contributed by atoms with E-state index in [0.717, 1.165) is 31.5 Å². The van der Waals surface area contributed by atoms with Gasteiger partial charge in [-0.3, -0.25) is 9.59 Å². The van der Waals surface area contributed by atoms with E-state index in [1.54, 1.807) is 44.4 Å². The van der Waals surface area contributed by atoms with E-state index >= 15 is 0 Å². The van der Waals surface area contributed by atoms with Crippen LogP contribution in [0.15, 0.2) is 30.3 Å². The zero-order valence-corrected chi connectivity index (χ0v) is 21.0. The minimum atomic E-state index is -0.393. The summed E-state index contributed by atoms with van der Waals surface area (Å²) in [7, 11) is 4.66. The molecule has 2 saturated heterocycles. The first-order valence-electron chi connectivity index (χ1n) is 11.2. The highest BCUT2D eigenvalue weighted by atomic mass is 35.5. The van der Waals surface area contributed by atoms with Crippen LogP contribution in [0.1, 0.15) is 34.7 Å². The van der Waals surface area contributed by atoms with Gasteiger partial charge < -0.3 is 24.0 Å². The molecule has 2 aromatic rings. The molecule has 2 aliphatic heterocycles. The third-order valence-electron chi connectivity index (χ3n) is 6.62. The molecule has 2 fully saturated rings. The topological polar surface area (TPSA) is 68.3 Å². The molecule has 0 spiro atoms. The quantitative estimate of drug-likeness (QED) is 0.576. The van der Waals surface area contributed by atoms with Crippen molar-refractivity contribution in [2.75, 3.05) is 47.5 Å². The summed E-state index contributed by atoms with van der Waals surface area (Å²) in [6.07, 6.45) is 1.99. The number of likely N-dealkylation sites (tertiary alicyclic amines) is 2. The first-order valence-corrected chi connectivity index (χ1v) is 12.0. The van der Waals surface area contributed by atoms with Crippen molar-refractivity contribution < 1.29 is 23.8 Å². The van der Waals surface area contributed by atoms with E-state index in [2.05, 4.69) is 0 Å². The monoisotopic (exact) mass is 506 g/mol. The van der Waals surface area contributed by atoms with Crippen LogP contribution in [0.25, 0.3) is 0 Å². The van der Waals surface area contributed by atoms with E-state index < -0.39 is 5.92 Å². The lowest BCUT2D eigenvalue weighted by Gasteiger charge is -2.25. The lowest BCUT2D eigenvalue weighted by molar-refractivity contribution is -0.134. The normalized spacial score (nSPS) is 19.9. The Kier molecular flexibility index (Phi) is 7.43. The number of rotatable bonds is 6. The molecule has 2 heterocycles. The number of carbonyl (C=O) groups is 2. The average Bonchev–Trinajstić information content (AvgIpc) is 3.53. The highest BCUT2D eigenvalue weighted by Gasteiger charge is 2.43. The molecule has 0 bridgehead atoms. The zero-order valence-electron chi connectivity index (χ0n) is 19.5. The molecule has 34 heavy (non-hydrogen) atoms. The molecule has 0 saturated carbocycles. The number of halogens is 2. The minimum absolute atomic E-state index is 0.0637. The molecule has 0 aromatic heterocycles. The van der Waals surface area contributed by atoms with Crippen LogP contribution in [0.4, 0.5) is 0 Å². The van der Waals surface area contributed by atoms with Crippen LogP contribution in [-0.2, 0) is 4.79 Å².